The van der Waals surface area contributed by atoms with Crippen LogP contribution in [0.15, 0.2) is 41.4 Å². The highest BCUT2D eigenvalue weighted by atomic mass is 16.5. The fourth-order valence-corrected chi connectivity index (χ4v) is 3.63. The first-order chi connectivity index (χ1) is 14.4. The number of hydrogen-bond acceptors (Lipinski definition) is 6. The molecule has 168 valence electrons. The first-order valence-corrected chi connectivity index (χ1v) is 10.00. The van der Waals surface area contributed by atoms with Crippen molar-refractivity contribution in [2.24, 2.45) is 4.99 Å². The Kier molecular flexibility index (Phi) is 7.33. The maximum Gasteiger partial charge on any atom is 0.221 e. The van der Waals surface area contributed by atoms with Gasteiger partial charge in [-0.25, -0.2) is 4.99 Å². The molecule has 1 amide bonds. The lowest BCUT2D eigenvalue weighted by molar-refractivity contribution is -0.114. The molecule has 0 saturated carbocycles. The fourth-order valence-electron chi connectivity index (χ4n) is 3.63. The minimum atomic E-state index is -1.08. The van der Waals surface area contributed by atoms with Crippen molar-refractivity contribution in [1.82, 2.24) is 0 Å². The van der Waals surface area contributed by atoms with Crippen molar-refractivity contribution >= 4 is 23.2 Å². The van der Waals surface area contributed by atoms with Crippen molar-refractivity contribution in [1.29, 1.82) is 0 Å². The van der Waals surface area contributed by atoms with Gasteiger partial charge in [0.25, 0.3) is 0 Å². The van der Waals surface area contributed by atoms with Crippen LogP contribution in [0.4, 0.5) is 11.4 Å². The summed E-state index contributed by atoms with van der Waals surface area (Å²) in [4.78, 5) is 15.4. The quantitative estimate of drug-likeness (QED) is 0.724. The lowest BCUT2D eigenvalue weighted by Gasteiger charge is -2.32. The zero-order valence-electron chi connectivity index (χ0n) is 19.5. The molecule has 0 bridgehead atoms. The normalized spacial score (nSPS) is 14.2. The van der Waals surface area contributed by atoms with Crippen LogP contribution in [-0.4, -0.2) is 31.1 Å². The Morgan fingerprint density at radius 2 is 1.68 bits per heavy atom. The number of amides is 1. The van der Waals surface area contributed by atoms with Gasteiger partial charge in [-0.05, 0) is 52.0 Å². The Hall–Kier alpha value is -3.06. The number of anilines is 1. The molecule has 1 aliphatic rings. The number of carbonyl (C=O) groups excluding carboxylic acids is 1. The second-order valence-electron chi connectivity index (χ2n) is 8.22. The highest BCUT2D eigenvalue weighted by molar-refractivity contribution is 5.90. The number of nitrogens with one attached hydrogen (secondary N) is 1. The number of hydrogen-bond donors (Lipinski definition) is 2. The van der Waals surface area contributed by atoms with Crippen LogP contribution < -0.4 is 14.8 Å². The van der Waals surface area contributed by atoms with E-state index in [1.807, 2.05) is 39.0 Å². The molecule has 0 atom stereocenters. The second kappa shape index (κ2) is 9.39. The molecule has 0 aromatic heterocycles. The van der Waals surface area contributed by atoms with Crippen LogP contribution in [-0.2, 0) is 20.7 Å². The molecule has 1 heterocycles. The highest BCUT2D eigenvalue weighted by Crippen LogP contribution is 2.42. The molecule has 0 unspecified atom stereocenters. The summed E-state index contributed by atoms with van der Waals surface area (Å²) in [5.74, 6) is 1.90. The number of carbonyl (C=O) groups is 1. The van der Waals surface area contributed by atoms with Crippen molar-refractivity contribution in [3.63, 3.8) is 0 Å². The Bertz CT molecular complexity index is 974. The Labute approximate surface area is 184 Å². The summed E-state index contributed by atoms with van der Waals surface area (Å²) in [6.45, 7) is 10.6. The van der Waals surface area contributed by atoms with Crippen LogP contribution in [0, 0.1) is 0 Å². The third-order valence-corrected chi connectivity index (χ3v) is 4.68. The summed E-state index contributed by atoms with van der Waals surface area (Å²) in [7, 11) is 3.19. The molecule has 0 aliphatic carbocycles. The molecule has 2 aromatic rings. The summed E-state index contributed by atoms with van der Waals surface area (Å²) >= 11 is 0. The molecule has 0 fully saturated rings. The van der Waals surface area contributed by atoms with Crippen LogP contribution in [0.1, 0.15) is 52.7 Å². The lowest BCUT2D eigenvalue weighted by atomic mass is 9.94. The predicted octanol–water partition coefficient (Wildman–Crippen LogP) is 4.89. The van der Waals surface area contributed by atoms with E-state index in [4.69, 9.17) is 14.2 Å². The van der Waals surface area contributed by atoms with E-state index >= 15 is 0 Å². The van der Waals surface area contributed by atoms with E-state index in [2.05, 4.69) is 10.3 Å². The SMILES string of the molecule is COc1cccc(NC(C)=O)c1C(C)(C)O.COc1cccc2c1C(C)(C)OC(C)=N2. The number of aliphatic imine (C=N–C) groups is 1. The van der Waals surface area contributed by atoms with Crippen LogP contribution in [0.5, 0.6) is 11.5 Å². The minimum absolute atomic E-state index is 0.182. The van der Waals surface area contributed by atoms with Gasteiger partial charge in [-0.1, -0.05) is 12.1 Å². The zero-order valence-corrected chi connectivity index (χ0v) is 19.5. The molecule has 2 aromatic carbocycles. The van der Waals surface area contributed by atoms with Crippen molar-refractivity contribution in [3.8, 4) is 11.5 Å². The average molecular weight is 429 g/mol. The van der Waals surface area contributed by atoms with Crippen LogP contribution in [0.2, 0.25) is 0 Å². The summed E-state index contributed by atoms with van der Waals surface area (Å²) in [5, 5.41) is 12.7. The zero-order chi connectivity index (χ0) is 23.4. The Morgan fingerprint density at radius 3 is 2.23 bits per heavy atom. The maximum absolute atomic E-state index is 11.1. The Balaban J connectivity index is 0.000000220. The molecule has 0 radical (unpaired) electrons. The molecule has 7 nitrogen and oxygen atoms in total. The van der Waals surface area contributed by atoms with Gasteiger partial charge in [0.2, 0.25) is 5.91 Å². The number of aliphatic hydroxyl groups is 1. The van der Waals surface area contributed by atoms with E-state index in [9.17, 15) is 9.90 Å². The number of methoxy groups -OCH3 is 2. The van der Waals surface area contributed by atoms with Gasteiger partial charge in [0.05, 0.1) is 36.8 Å². The molecule has 7 heteroatoms. The van der Waals surface area contributed by atoms with Crippen molar-refractivity contribution in [3.05, 3.63) is 47.5 Å². The Morgan fingerprint density at radius 1 is 1.10 bits per heavy atom. The molecular formula is C24H32N2O5. The van der Waals surface area contributed by atoms with Gasteiger partial charge in [0.1, 0.15) is 17.1 Å². The van der Waals surface area contributed by atoms with Gasteiger partial charge in [0.15, 0.2) is 5.90 Å². The first-order valence-electron chi connectivity index (χ1n) is 10.00. The topological polar surface area (TPSA) is 89.4 Å². The van der Waals surface area contributed by atoms with Crippen LogP contribution in [0.3, 0.4) is 0 Å². The van der Waals surface area contributed by atoms with Gasteiger partial charge < -0.3 is 24.6 Å². The molecule has 2 N–H and O–H groups in total. The highest BCUT2D eigenvalue weighted by Gasteiger charge is 2.33. The van der Waals surface area contributed by atoms with Crippen molar-refractivity contribution in [2.75, 3.05) is 19.5 Å². The van der Waals surface area contributed by atoms with Crippen molar-refractivity contribution in [2.45, 2.75) is 52.7 Å². The van der Waals surface area contributed by atoms with Gasteiger partial charge in [-0.15, -0.1) is 0 Å². The first kappa shape index (κ1) is 24.2. The molecule has 31 heavy (non-hydrogen) atoms. The number of nitrogens with zero attached hydrogens (tertiary/aromatic N) is 1. The fraction of sp³-hybridized carbons (Fsp3) is 0.417. The van der Waals surface area contributed by atoms with E-state index in [1.54, 1.807) is 39.2 Å². The van der Waals surface area contributed by atoms with Gasteiger partial charge >= 0.3 is 0 Å². The maximum atomic E-state index is 11.1. The predicted molar refractivity (Wildman–Crippen MR) is 122 cm³/mol. The van der Waals surface area contributed by atoms with Gasteiger partial charge in [0, 0.05) is 19.4 Å². The molecule has 0 spiro atoms. The average Bonchev–Trinajstić information content (AvgIpc) is 2.65. The lowest BCUT2D eigenvalue weighted by Crippen LogP contribution is -2.28. The van der Waals surface area contributed by atoms with Crippen LogP contribution >= 0.6 is 0 Å². The number of fused-ring (bicyclic) bond motifs is 1. The standard InChI is InChI=1S/C12H17NO3.C12H15NO2/c1-8(14)13-9-6-5-7-10(16-4)11(9)12(2,3)15;1-8-13-9-6-5-7-10(14-4)11(9)12(2,3)15-8/h5-7,15H,1-4H3,(H,13,14);5-7H,1-4H3. The van der Waals surface area contributed by atoms with Gasteiger partial charge in [-0.2, -0.15) is 0 Å². The second-order valence-corrected chi connectivity index (χ2v) is 8.22. The van der Waals surface area contributed by atoms with E-state index in [1.165, 1.54) is 14.0 Å². The van der Waals surface area contributed by atoms with E-state index in [-0.39, 0.29) is 11.5 Å². The summed E-state index contributed by atoms with van der Waals surface area (Å²) in [6, 6.07) is 11.1. The largest absolute Gasteiger partial charge is 0.496 e. The number of rotatable bonds is 4. The summed E-state index contributed by atoms with van der Waals surface area (Å²) in [5.41, 5.74) is 1.63. The van der Waals surface area contributed by atoms with Crippen molar-refractivity contribution < 1.29 is 24.1 Å². The summed E-state index contributed by atoms with van der Waals surface area (Å²) in [6.07, 6.45) is 0. The van der Waals surface area contributed by atoms with E-state index < -0.39 is 5.60 Å². The molecule has 0 saturated heterocycles. The molecular weight excluding hydrogens is 396 g/mol. The van der Waals surface area contributed by atoms with Crippen LogP contribution in [0.25, 0.3) is 0 Å². The van der Waals surface area contributed by atoms with E-state index in [0.717, 1.165) is 17.0 Å². The monoisotopic (exact) mass is 428 g/mol. The summed E-state index contributed by atoms with van der Waals surface area (Å²) < 4.78 is 16.2. The molecule has 3 rings (SSSR count). The number of benzene rings is 2. The molecule has 1 aliphatic heterocycles. The smallest absolute Gasteiger partial charge is 0.221 e. The number of ether oxygens (including phenoxy) is 3. The third kappa shape index (κ3) is 5.76. The van der Waals surface area contributed by atoms with Gasteiger partial charge in [-0.3, -0.25) is 4.79 Å². The minimum Gasteiger partial charge on any atom is -0.496 e. The third-order valence-electron chi connectivity index (χ3n) is 4.68. The van der Waals surface area contributed by atoms with E-state index in [0.29, 0.717) is 22.9 Å².